The Bertz CT molecular complexity index is 172. The molecule has 6 N–H and O–H groups in total. The zero-order chi connectivity index (χ0) is 9.56. The number of hydrogen-bond acceptors (Lipinski definition) is 6. The van der Waals surface area contributed by atoms with Crippen LogP contribution in [-0.2, 0) is 14.4 Å². The lowest BCUT2D eigenvalue weighted by Gasteiger charge is -2.07. The van der Waals surface area contributed by atoms with E-state index in [1.54, 1.807) is 0 Å². The number of nitrogens with one attached hydrogen (secondary N) is 1. The standard InChI is InChI=1S/C5H11N3O4/c6-3(1-2-4(7)9)5(10)12-8-11/h3,8,11H,1-2,6H2,(H2,7,9)/t3-/m0/s1. The average Bonchev–Trinajstić information content (AvgIpc) is 2.00. The molecule has 0 rings (SSSR count). The van der Waals surface area contributed by atoms with Crippen LogP contribution in [0.3, 0.4) is 0 Å². The largest absolute Gasteiger partial charge is 0.370 e. The molecule has 0 aliphatic carbocycles. The molecule has 0 aliphatic rings. The number of rotatable bonds is 5. The van der Waals surface area contributed by atoms with Gasteiger partial charge in [0.1, 0.15) is 6.04 Å². The molecule has 1 amide bonds. The number of nitrogens with two attached hydrogens (primary N) is 2. The Morgan fingerprint density at radius 2 is 2.17 bits per heavy atom. The van der Waals surface area contributed by atoms with Crippen LogP contribution in [0, 0.1) is 0 Å². The lowest BCUT2D eigenvalue weighted by molar-refractivity contribution is -0.178. The molecule has 70 valence electrons. The molecule has 7 nitrogen and oxygen atoms in total. The summed E-state index contributed by atoms with van der Waals surface area (Å²) in [5.41, 5.74) is 11.2. The second kappa shape index (κ2) is 5.47. The van der Waals surface area contributed by atoms with Crippen LogP contribution in [0.15, 0.2) is 0 Å². The van der Waals surface area contributed by atoms with Crippen LogP contribution in [0.25, 0.3) is 0 Å². The number of amides is 1. The maximum Gasteiger partial charge on any atom is 0.344 e. The molecular formula is C5H11N3O4. The van der Waals surface area contributed by atoms with Crippen LogP contribution in [0.2, 0.25) is 0 Å². The lowest BCUT2D eigenvalue weighted by Crippen LogP contribution is -2.36. The molecule has 0 saturated heterocycles. The van der Waals surface area contributed by atoms with Crippen molar-refractivity contribution >= 4 is 11.9 Å². The summed E-state index contributed by atoms with van der Waals surface area (Å²) in [7, 11) is 0. The van der Waals surface area contributed by atoms with Gasteiger partial charge in [0, 0.05) is 6.42 Å². The second-order valence-corrected chi connectivity index (χ2v) is 2.12. The van der Waals surface area contributed by atoms with Crippen molar-refractivity contribution in [3.8, 4) is 0 Å². The van der Waals surface area contributed by atoms with Gasteiger partial charge in [0.05, 0.1) is 0 Å². The Kier molecular flexibility index (Phi) is 4.93. The molecule has 0 bridgehead atoms. The molecule has 1 atom stereocenters. The summed E-state index contributed by atoms with van der Waals surface area (Å²) in [5, 5.41) is 7.92. The van der Waals surface area contributed by atoms with Crippen molar-refractivity contribution in [1.82, 2.24) is 5.64 Å². The van der Waals surface area contributed by atoms with Crippen molar-refractivity contribution in [3.63, 3.8) is 0 Å². The van der Waals surface area contributed by atoms with E-state index in [-0.39, 0.29) is 12.8 Å². The first kappa shape index (κ1) is 10.8. The van der Waals surface area contributed by atoms with Gasteiger partial charge < -0.3 is 16.3 Å². The summed E-state index contributed by atoms with van der Waals surface area (Å²) >= 11 is 0. The Balaban J connectivity index is 3.63. The first-order valence-electron chi connectivity index (χ1n) is 3.21. The first-order chi connectivity index (χ1) is 5.57. The van der Waals surface area contributed by atoms with E-state index in [0.717, 1.165) is 0 Å². The van der Waals surface area contributed by atoms with E-state index in [4.69, 9.17) is 16.7 Å². The fourth-order valence-corrected chi connectivity index (χ4v) is 0.536. The van der Waals surface area contributed by atoms with E-state index in [0.29, 0.717) is 0 Å². The van der Waals surface area contributed by atoms with Gasteiger partial charge in [-0.05, 0) is 12.1 Å². The molecule has 0 aromatic heterocycles. The quantitative estimate of drug-likeness (QED) is 0.360. The lowest BCUT2D eigenvalue weighted by atomic mass is 10.2. The highest BCUT2D eigenvalue weighted by atomic mass is 16.9. The van der Waals surface area contributed by atoms with Gasteiger partial charge in [0.25, 0.3) is 0 Å². The molecule has 0 aliphatic heterocycles. The molecular weight excluding hydrogens is 166 g/mol. The molecule has 0 heterocycles. The van der Waals surface area contributed by atoms with E-state index in [1.807, 2.05) is 0 Å². The first-order valence-corrected chi connectivity index (χ1v) is 3.21. The third kappa shape index (κ3) is 4.61. The SMILES string of the molecule is NC(=O)CC[C@H](N)C(=O)ONO. The van der Waals surface area contributed by atoms with Gasteiger partial charge in [-0.3, -0.25) is 10.0 Å². The maximum atomic E-state index is 10.6. The van der Waals surface area contributed by atoms with Crippen LogP contribution in [0.1, 0.15) is 12.8 Å². The summed E-state index contributed by atoms with van der Waals surface area (Å²) in [6.07, 6.45) is 0.0948. The molecule has 0 spiro atoms. The maximum absolute atomic E-state index is 10.6. The smallest absolute Gasteiger partial charge is 0.344 e. The van der Waals surface area contributed by atoms with Crippen LogP contribution in [0.4, 0.5) is 0 Å². The number of hydrogen-bond donors (Lipinski definition) is 4. The molecule has 12 heavy (non-hydrogen) atoms. The monoisotopic (exact) mass is 177 g/mol. The molecule has 0 fully saturated rings. The van der Waals surface area contributed by atoms with Gasteiger partial charge in [-0.2, -0.15) is 0 Å². The van der Waals surface area contributed by atoms with Gasteiger partial charge in [0.15, 0.2) is 0 Å². The number of carbonyl (C=O) groups is 2. The molecule has 7 heteroatoms. The fraction of sp³-hybridized carbons (Fsp3) is 0.600. The van der Waals surface area contributed by atoms with Crippen LogP contribution >= 0.6 is 0 Å². The molecule has 0 unspecified atom stereocenters. The Labute approximate surface area is 68.6 Å². The van der Waals surface area contributed by atoms with E-state index in [9.17, 15) is 9.59 Å². The van der Waals surface area contributed by atoms with Crippen molar-refractivity contribution in [3.05, 3.63) is 0 Å². The molecule has 0 saturated carbocycles. The van der Waals surface area contributed by atoms with Gasteiger partial charge in [-0.25, -0.2) is 4.79 Å². The molecule has 0 aromatic carbocycles. The Morgan fingerprint density at radius 3 is 2.58 bits per heavy atom. The van der Waals surface area contributed by atoms with Crippen molar-refractivity contribution in [2.75, 3.05) is 0 Å². The molecule has 0 aromatic rings. The third-order valence-corrected chi connectivity index (χ3v) is 1.15. The minimum Gasteiger partial charge on any atom is -0.370 e. The molecule has 0 radical (unpaired) electrons. The minimum absolute atomic E-state index is 0.00168. The number of primary amides is 1. The zero-order valence-electron chi connectivity index (χ0n) is 6.32. The average molecular weight is 177 g/mol. The summed E-state index contributed by atoms with van der Waals surface area (Å²) in [6.45, 7) is 0. The van der Waals surface area contributed by atoms with Gasteiger partial charge in [-0.15, -0.1) is 0 Å². The van der Waals surface area contributed by atoms with E-state index >= 15 is 0 Å². The van der Waals surface area contributed by atoms with E-state index in [2.05, 4.69) is 4.84 Å². The van der Waals surface area contributed by atoms with Gasteiger partial charge >= 0.3 is 5.97 Å². The van der Waals surface area contributed by atoms with Crippen molar-refractivity contribution in [2.45, 2.75) is 18.9 Å². The van der Waals surface area contributed by atoms with Crippen LogP contribution < -0.4 is 17.1 Å². The summed E-state index contributed by atoms with van der Waals surface area (Å²) in [5.74, 6) is -1.39. The predicted molar refractivity (Wildman–Crippen MR) is 37.4 cm³/mol. The van der Waals surface area contributed by atoms with E-state index < -0.39 is 17.9 Å². The van der Waals surface area contributed by atoms with E-state index in [1.165, 1.54) is 5.64 Å². The summed E-state index contributed by atoms with van der Waals surface area (Å²) in [6, 6.07) is -0.961. The highest BCUT2D eigenvalue weighted by Crippen LogP contribution is 1.94. The minimum atomic E-state index is -0.961. The second-order valence-electron chi connectivity index (χ2n) is 2.12. The van der Waals surface area contributed by atoms with Gasteiger partial charge in [0.2, 0.25) is 5.91 Å². The van der Waals surface area contributed by atoms with Crippen molar-refractivity contribution < 1.29 is 19.6 Å². The van der Waals surface area contributed by atoms with Crippen LogP contribution in [0.5, 0.6) is 0 Å². The van der Waals surface area contributed by atoms with Gasteiger partial charge in [-0.1, -0.05) is 0 Å². The third-order valence-electron chi connectivity index (χ3n) is 1.15. The highest BCUT2D eigenvalue weighted by Gasteiger charge is 2.15. The van der Waals surface area contributed by atoms with Crippen molar-refractivity contribution in [1.29, 1.82) is 0 Å². The summed E-state index contributed by atoms with van der Waals surface area (Å²) < 4.78 is 0. The number of carbonyl (C=O) groups excluding carboxylic acids is 2. The Hall–Kier alpha value is -1.18. The van der Waals surface area contributed by atoms with Crippen molar-refractivity contribution in [2.24, 2.45) is 11.5 Å². The summed E-state index contributed by atoms with van der Waals surface area (Å²) in [4.78, 5) is 24.8. The fourth-order valence-electron chi connectivity index (χ4n) is 0.536. The van der Waals surface area contributed by atoms with Crippen LogP contribution in [-0.4, -0.2) is 23.1 Å². The Morgan fingerprint density at radius 1 is 1.58 bits per heavy atom. The zero-order valence-corrected chi connectivity index (χ0v) is 6.32. The topological polar surface area (TPSA) is 128 Å². The predicted octanol–water partition coefficient (Wildman–Crippen LogP) is -1.98. The highest BCUT2D eigenvalue weighted by molar-refractivity contribution is 5.78. The normalized spacial score (nSPS) is 12.2.